The van der Waals surface area contributed by atoms with Gasteiger partial charge >= 0.3 is 0 Å². The molecule has 0 unspecified atom stereocenters. The number of hydrogen-bond donors (Lipinski definition) is 2. The first-order valence-electron chi connectivity index (χ1n) is 8.67. The Labute approximate surface area is 168 Å². The summed E-state index contributed by atoms with van der Waals surface area (Å²) in [5.41, 5.74) is 1.59. The van der Waals surface area contributed by atoms with Crippen LogP contribution in [-0.4, -0.2) is 34.5 Å². The van der Waals surface area contributed by atoms with E-state index in [1.807, 2.05) is 42.3 Å². The van der Waals surface area contributed by atoms with E-state index in [2.05, 4.69) is 10.0 Å². The van der Waals surface area contributed by atoms with Gasteiger partial charge in [-0.1, -0.05) is 36.4 Å². The standard InChI is InChI=1S/C20H21N3O3S2/c1-23(16-8-3-2-4-9-16)14-13-21-20(24)17-10-5-6-11-18(17)22-28(25,26)19-12-7-15-27-19/h2-12,15,22H,13-14H2,1H3,(H,21,24). The molecule has 8 heteroatoms. The Morgan fingerprint density at radius 1 is 1.00 bits per heavy atom. The van der Waals surface area contributed by atoms with Crippen LogP contribution in [0.2, 0.25) is 0 Å². The maximum absolute atomic E-state index is 12.6. The van der Waals surface area contributed by atoms with E-state index >= 15 is 0 Å². The number of para-hydroxylation sites is 2. The summed E-state index contributed by atoms with van der Waals surface area (Å²) in [6.07, 6.45) is 0. The van der Waals surface area contributed by atoms with Gasteiger partial charge in [-0.2, -0.15) is 0 Å². The first-order valence-corrected chi connectivity index (χ1v) is 11.0. The van der Waals surface area contributed by atoms with Crippen molar-refractivity contribution in [3.05, 3.63) is 77.7 Å². The molecule has 1 heterocycles. The van der Waals surface area contributed by atoms with Gasteiger partial charge in [-0.3, -0.25) is 9.52 Å². The number of hydrogen-bond acceptors (Lipinski definition) is 5. The van der Waals surface area contributed by atoms with E-state index in [9.17, 15) is 13.2 Å². The molecule has 0 fully saturated rings. The molecule has 0 saturated heterocycles. The van der Waals surface area contributed by atoms with E-state index < -0.39 is 10.0 Å². The number of thiophene rings is 1. The maximum atomic E-state index is 12.6. The van der Waals surface area contributed by atoms with Crippen LogP contribution in [0.3, 0.4) is 0 Å². The van der Waals surface area contributed by atoms with E-state index in [-0.39, 0.29) is 21.4 Å². The molecule has 0 spiro atoms. The van der Waals surface area contributed by atoms with Crippen molar-refractivity contribution in [2.24, 2.45) is 0 Å². The fourth-order valence-corrected chi connectivity index (χ4v) is 4.70. The molecule has 2 aromatic carbocycles. The zero-order valence-electron chi connectivity index (χ0n) is 15.3. The molecule has 0 atom stereocenters. The van der Waals surface area contributed by atoms with Crippen molar-refractivity contribution in [2.45, 2.75) is 4.21 Å². The summed E-state index contributed by atoms with van der Waals surface area (Å²) in [4.78, 5) is 14.6. The average Bonchev–Trinajstić information content (AvgIpc) is 3.24. The zero-order valence-corrected chi connectivity index (χ0v) is 17.0. The number of carbonyl (C=O) groups excluding carboxylic acids is 1. The van der Waals surface area contributed by atoms with Crippen LogP contribution in [-0.2, 0) is 10.0 Å². The largest absolute Gasteiger partial charge is 0.373 e. The van der Waals surface area contributed by atoms with E-state index in [0.29, 0.717) is 13.1 Å². The molecule has 0 aliphatic carbocycles. The third-order valence-electron chi connectivity index (χ3n) is 4.11. The highest BCUT2D eigenvalue weighted by Crippen LogP contribution is 2.22. The summed E-state index contributed by atoms with van der Waals surface area (Å²) in [6, 6.07) is 19.6. The average molecular weight is 416 g/mol. The lowest BCUT2D eigenvalue weighted by molar-refractivity contribution is 0.0955. The van der Waals surface area contributed by atoms with Gasteiger partial charge in [0.25, 0.3) is 15.9 Å². The van der Waals surface area contributed by atoms with Crippen LogP contribution in [0.1, 0.15) is 10.4 Å². The lowest BCUT2D eigenvalue weighted by Gasteiger charge is -2.19. The molecule has 28 heavy (non-hydrogen) atoms. The Morgan fingerprint density at radius 3 is 2.43 bits per heavy atom. The van der Waals surface area contributed by atoms with Crippen LogP contribution in [0, 0.1) is 0 Å². The summed E-state index contributed by atoms with van der Waals surface area (Å²) >= 11 is 1.12. The quantitative estimate of drug-likeness (QED) is 0.591. The minimum absolute atomic E-state index is 0.201. The van der Waals surface area contributed by atoms with Crippen molar-refractivity contribution in [1.82, 2.24) is 5.32 Å². The van der Waals surface area contributed by atoms with Crippen molar-refractivity contribution in [2.75, 3.05) is 29.8 Å². The van der Waals surface area contributed by atoms with Crippen LogP contribution in [0.15, 0.2) is 76.3 Å². The van der Waals surface area contributed by atoms with Crippen LogP contribution in [0.5, 0.6) is 0 Å². The van der Waals surface area contributed by atoms with Crippen molar-refractivity contribution in [3.8, 4) is 0 Å². The number of likely N-dealkylation sites (N-methyl/N-ethyl adjacent to an activating group) is 1. The molecule has 146 valence electrons. The molecule has 0 saturated carbocycles. The fourth-order valence-electron chi connectivity index (χ4n) is 2.63. The van der Waals surface area contributed by atoms with E-state index in [1.165, 1.54) is 6.07 Å². The minimum Gasteiger partial charge on any atom is -0.373 e. The molecule has 0 bridgehead atoms. The molecule has 6 nitrogen and oxygen atoms in total. The Balaban J connectivity index is 1.64. The summed E-state index contributed by atoms with van der Waals surface area (Å²) in [6.45, 7) is 1.05. The smallest absolute Gasteiger partial charge is 0.271 e. The van der Waals surface area contributed by atoms with Gasteiger partial charge in [-0.25, -0.2) is 8.42 Å². The lowest BCUT2D eigenvalue weighted by Crippen LogP contribution is -2.33. The van der Waals surface area contributed by atoms with Crippen LogP contribution in [0.25, 0.3) is 0 Å². The second kappa shape index (κ2) is 8.90. The third-order valence-corrected chi connectivity index (χ3v) is 6.87. The Morgan fingerprint density at radius 2 is 1.71 bits per heavy atom. The van der Waals surface area contributed by atoms with Crippen molar-refractivity contribution in [1.29, 1.82) is 0 Å². The van der Waals surface area contributed by atoms with Crippen molar-refractivity contribution < 1.29 is 13.2 Å². The number of benzene rings is 2. The van der Waals surface area contributed by atoms with Crippen LogP contribution >= 0.6 is 11.3 Å². The van der Waals surface area contributed by atoms with Gasteiger partial charge in [0.15, 0.2) is 0 Å². The molecule has 3 rings (SSSR count). The summed E-state index contributed by atoms with van der Waals surface area (Å²) in [5.74, 6) is -0.328. The number of amides is 1. The van der Waals surface area contributed by atoms with E-state index in [0.717, 1.165) is 17.0 Å². The Bertz CT molecular complexity index is 1020. The highest BCUT2D eigenvalue weighted by Gasteiger charge is 2.19. The van der Waals surface area contributed by atoms with Gasteiger partial charge in [0.1, 0.15) is 4.21 Å². The topological polar surface area (TPSA) is 78.5 Å². The number of carbonyl (C=O) groups is 1. The predicted octanol–water partition coefficient (Wildman–Crippen LogP) is 3.42. The van der Waals surface area contributed by atoms with Gasteiger partial charge in [-0.15, -0.1) is 11.3 Å². The monoisotopic (exact) mass is 415 g/mol. The minimum atomic E-state index is -3.72. The molecule has 2 N–H and O–H groups in total. The summed E-state index contributed by atoms with van der Waals surface area (Å²) in [7, 11) is -1.77. The molecule has 0 aliphatic heterocycles. The van der Waals surface area contributed by atoms with Crippen LogP contribution < -0.4 is 14.9 Å². The van der Waals surface area contributed by atoms with Crippen molar-refractivity contribution >= 4 is 38.6 Å². The lowest BCUT2D eigenvalue weighted by atomic mass is 10.1. The Hall–Kier alpha value is -2.84. The van der Waals surface area contributed by atoms with Crippen molar-refractivity contribution in [3.63, 3.8) is 0 Å². The first kappa shape index (κ1) is 19.9. The highest BCUT2D eigenvalue weighted by molar-refractivity contribution is 7.94. The van der Waals surface area contributed by atoms with E-state index in [4.69, 9.17) is 0 Å². The molecule has 3 aromatic rings. The molecular weight excluding hydrogens is 394 g/mol. The van der Waals surface area contributed by atoms with E-state index in [1.54, 1.807) is 35.7 Å². The summed E-state index contributed by atoms with van der Waals surface area (Å²) < 4.78 is 27.6. The molecule has 0 radical (unpaired) electrons. The van der Waals surface area contributed by atoms with Gasteiger partial charge in [0, 0.05) is 25.8 Å². The SMILES string of the molecule is CN(CCNC(=O)c1ccccc1NS(=O)(=O)c1cccs1)c1ccccc1. The van der Waals surface area contributed by atoms with Crippen LogP contribution in [0.4, 0.5) is 11.4 Å². The number of rotatable bonds is 8. The first-order chi connectivity index (χ1) is 13.5. The van der Waals surface area contributed by atoms with Gasteiger partial charge in [0.05, 0.1) is 11.3 Å². The normalized spacial score (nSPS) is 11.0. The number of nitrogens with zero attached hydrogens (tertiary/aromatic N) is 1. The molecule has 1 amide bonds. The van der Waals surface area contributed by atoms with Gasteiger partial charge < -0.3 is 10.2 Å². The highest BCUT2D eigenvalue weighted by atomic mass is 32.2. The fraction of sp³-hybridized carbons (Fsp3) is 0.150. The second-order valence-corrected chi connectivity index (χ2v) is 8.95. The maximum Gasteiger partial charge on any atom is 0.271 e. The predicted molar refractivity (Wildman–Crippen MR) is 114 cm³/mol. The third kappa shape index (κ3) is 4.90. The van der Waals surface area contributed by atoms with Gasteiger partial charge in [0.2, 0.25) is 0 Å². The second-order valence-electron chi connectivity index (χ2n) is 6.10. The number of anilines is 2. The van der Waals surface area contributed by atoms with Gasteiger partial charge in [-0.05, 0) is 35.7 Å². The zero-order chi connectivity index (χ0) is 20.0. The number of nitrogens with one attached hydrogen (secondary N) is 2. The number of sulfonamides is 1. The summed E-state index contributed by atoms with van der Waals surface area (Å²) in [5, 5.41) is 4.54. The molecule has 0 aliphatic rings. The molecular formula is C20H21N3O3S2. The Kier molecular flexibility index (Phi) is 6.33. The molecule has 1 aromatic heterocycles.